The van der Waals surface area contributed by atoms with Crippen molar-refractivity contribution >= 4 is 64.5 Å². The third-order valence-corrected chi connectivity index (χ3v) is 6.82. The molecule has 0 bridgehead atoms. The number of nitrogens with one attached hydrogen (secondary N) is 5. The number of methoxy groups -OCH3 is 1. The van der Waals surface area contributed by atoms with Crippen LogP contribution in [-0.2, 0) is 47.3 Å². The minimum absolute atomic E-state index is 0.00562. The van der Waals surface area contributed by atoms with Crippen molar-refractivity contribution in [3.05, 3.63) is 54.3 Å². The van der Waals surface area contributed by atoms with Gasteiger partial charge in [-0.1, -0.05) is 0 Å². The van der Waals surface area contributed by atoms with Crippen molar-refractivity contribution in [2.75, 3.05) is 33.7 Å². The largest absolute Gasteiger partial charge is 0.464 e. The number of hydrogen-bond donors (Lipinski definition) is 5. The number of nitrogens with zero attached hydrogens (tertiary/aromatic N) is 6. The Kier molecular flexibility index (Phi) is 10.8. The van der Waals surface area contributed by atoms with Gasteiger partial charge in [0.15, 0.2) is 11.6 Å². The van der Waals surface area contributed by atoms with Crippen molar-refractivity contribution in [2.45, 2.75) is 39.2 Å². The van der Waals surface area contributed by atoms with Crippen LogP contribution in [0.15, 0.2) is 36.9 Å². The molecule has 5 amide bonds. The van der Waals surface area contributed by atoms with Gasteiger partial charge in [0.05, 0.1) is 18.5 Å². The number of hydrogen-bond acceptors (Lipinski definition) is 10. The van der Waals surface area contributed by atoms with E-state index in [-0.39, 0.29) is 41.8 Å². The molecule has 0 aliphatic heterocycles. The molecule has 0 radical (unpaired) electrons. The van der Waals surface area contributed by atoms with Crippen LogP contribution in [0.4, 0.5) is 33.6 Å². The maximum Gasteiger partial charge on any atom is 0.413 e. The summed E-state index contributed by atoms with van der Waals surface area (Å²) in [6, 6.07) is 2.99. The van der Waals surface area contributed by atoms with Crippen molar-refractivity contribution in [1.82, 2.24) is 28.2 Å². The SMILES string of the molecule is COC(=O)c1cc(NC(=O)c2nc(NC(=O)CCC(=O)Nc3cc(NC(=O)c4nc(NC(=O)OC(C)(C)C)cn4C)cn3C)cn2C)cn1C. The molecule has 0 saturated carbocycles. The molecule has 266 valence electrons. The predicted octanol–water partition coefficient (Wildman–Crippen LogP) is 2.83. The highest BCUT2D eigenvalue weighted by atomic mass is 16.6. The van der Waals surface area contributed by atoms with Gasteiger partial charge in [0.2, 0.25) is 23.5 Å². The van der Waals surface area contributed by atoms with Crippen LogP contribution in [0.25, 0.3) is 0 Å². The first kappa shape index (κ1) is 36.4. The number of aromatic nitrogens is 6. The van der Waals surface area contributed by atoms with E-state index in [2.05, 4.69) is 36.6 Å². The molecule has 19 nitrogen and oxygen atoms in total. The first-order valence-corrected chi connectivity index (χ1v) is 15.1. The van der Waals surface area contributed by atoms with Gasteiger partial charge >= 0.3 is 12.1 Å². The highest BCUT2D eigenvalue weighted by molar-refractivity contribution is 6.04. The molecule has 0 fully saturated rings. The zero-order valence-corrected chi connectivity index (χ0v) is 28.8. The van der Waals surface area contributed by atoms with Gasteiger partial charge in [-0.3, -0.25) is 24.5 Å². The van der Waals surface area contributed by atoms with Crippen LogP contribution in [0.5, 0.6) is 0 Å². The highest BCUT2D eigenvalue weighted by Crippen LogP contribution is 2.20. The Morgan fingerprint density at radius 3 is 1.70 bits per heavy atom. The Morgan fingerprint density at radius 2 is 1.16 bits per heavy atom. The number of esters is 1. The fourth-order valence-corrected chi connectivity index (χ4v) is 4.59. The van der Waals surface area contributed by atoms with E-state index in [1.165, 1.54) is 45.3 Å². The van der Waals surface area contributed by atoms with Crippen LogP contribution in [0.2, 0.25) is 0 Å². The fraction of sp³-hybridized carbons (Fsp3) is 0.355. The van der Waals surface area contributed by atoms with Crippen LogP contribution in [0, 0.1) is 0 Å². The molecular formula is C31H39N11O8. The maximum absolute atomic E-state index is 12.9. The van der Waals surface area contributed by atoms with Crippen LogP contribution < -0.4 is 26.6 Å². The van der Waals surface area contributed by atoms with Crippen LogP contribution in [0.1, 0.15) is 65.3 Å². The molecule has 0 atom stereocenters. The number of carbonyl (C=O) groups is 6. The van der Waals surface area contributed by atoms with Crippen molar-refractivity contribution in [2.24, 2.45) is 28.2 Å². The Labute approximate surface area is 286 Å². The molecule has 0 aliphatic carbocycles. The summed E-state index contributed by atoms with van der Waals surface area (Å²) in [5, 5.41) is 13.1. The number of carbonyl (C=O) groups excluding carboxylic acids is 6. The van der Waals surface area contributed by atoms with Crippen molar-refractivity contribution < 1.29 is 38.2 Å². The lowest BCUT2D eigenvalue weighted by Gasteiger charge is -2.18. The smallest absolute Gasteiger partial charge is 0.413 e. The standard InChI is InChI=1S/C31H39N11O8/c1-31(2,3)50-30(48)37-21-16-42(7)26(36-21)28(46)33-18-12-22(40(5)14-18)38-24(44)10-9-23(43)34-20-15-41(6)25(35-20)27(45)32-17-11-19(29(47)49-8)39(4)13-17/h11-16H,9-10H2,1-8H3,(H,32,45)(H,33,46)(H,34,43)(H,37,48)(H,38,44). The van der Waals surface area contributed by atoms with E-state index in [1.807, 2.05) is 0 Å². The molecule has 50 heavy (non-hydrogen) atoms. The molecule has 5 N–H and O–H groups in total. The summed E-state index contributed by atoms with van der Waals surface area (Å²) < 4.78 is 15.9. The zero-order chi connectivity index (χ0) is 36.9. The average molecular weight is 694 g/mol. The van der Waals surface area contributed by atoms with E-state index in [9.17, 15) is 28.8 Å². The minimum atomic E-state index is -0.711. The molecule has 0 spiro atoms. The molecule has 4 heterocycles. The van der Waals surface area contributed by atoms with E-state index >= 15 is 0 Å². The average Bonchev–Trinajstić information content (AvgIpc) is 3.76. The molecular weight excluding hydrogens is 654 g/mol. The quantitative estimate of drug-likeness (QED) is 0.144. The third kappa shape index (κ3) is 9.36. The van der Waals surface area contributed by atoms with E-state index in [0.29, 0.717) is 17.2 Å². The summed E-state index contributed by atoms with van der Waals surface area (Å²) in [7, 11) is 7.71. The number of ether oxygens (including phenoxy) is 2. The number of rotatable bonds is 11. The second kappa shape index (κ2) is 14.8. The van der Waals surface area contributed by atoms with Gasteiger partial charge in [0.25, 0.3) is 11.8 Å². The van der Waals surface area contributed by atoms with Crippen molar-refractivity contribution in [3.8, 4) is 0 Å². The van der Waals surface area contributed by atoms with Crippen LogP contribution in [0.3, 0.4) is 0 Å². The molecule has 0 unspecified atom stereocenters. The van der Waals surface area contributed by atoms with Crippen molar-refractivity contribution in [3.63, 3.8) is 0 Å². The minimum Gasteiger partial charge on any atom is -0.464 e. The van der Waals surface area contributed by atoms with E-state index in [0.717, 1.165) is 0 Å². The number of aryl methyl sites for hydroxylation is 4. The van der Waals surface area contributed by atoms with Crippen LogP contribution >= 0.6 is 0 Å². The third-order valence-electron chi connectivity index (χ3n) is 6.82. The van der Waals surface area contributed by atoms with Crippen LogP contribution in [-0.4, -0.2) is 76.6 Å². The summed E-state index contributed by atoms with van der Waals surface area (Å²) in [6.07, 6.45) is 4.96. The molecule has 4 aromatic rings. The van der Waals surface area contributed by atoms with Gasteiger partial charge in [-0.2, -0.15) is 0 Å². The Hall–Kier alpha value is -6.40. The van der Waals surface area contributed by atoms with Gasteiger partial charge in [-0.05, 0) is 26.8 Å². The van der Waals surface area contributed by atoms with Gasteiger partial charge in [-0.15, -0.1) is 0 Å². The van der Waals surface area contributed by atoms with E-state index in [4.69, 9.17) is 9.47 Å². The molecule has 0 aromatic carbocycles. The fourth-order valence-electron chi connectivity index (χ4n) is 4.59. The second-order valence-corrected chi connectivity index (χ2v) is 12.2. The summed E-state index contributed by atoms with van der Waals surface area (Å²) in [5.41, 5.74) is 0.246. The summed E-state index contributed by atoms with van der Waals surface area (Å²) >= 11 is 0. The lowest BCUT2D eigenvalue weighted by Crippen LogP contribution is -2.27. The number of amides is 5. The van der Waals surface area contributed by atoms with Gasteiger partial charge < -0.3 is 49.0 Å². The Balaban J connectivity index is 1.26. The lowest BCUT2D eigenvalue weighted by molar-refractivity contribution is -0.121. The maximum atomic E-state index is 12.9. The van der Waals surface area contributed by atoms with Gasteiger partial charge in [0.1, 0.15) is 17.1 Å². The lowest BCUT2D eigenvalue weighted by atomic mass is 10.2. The molecule has 4 aromatic heterocycles. The number of imidazole rings is 2. The predicted molar refractivity (Wildman–Crippen MR) is 181 cm³/mol. The zero-order valence-electron chi connectivity index (χ0n) is 28.8. The Bertz CT molecular complexity index is 1960. The molecule has 0 saturated heterocycles. The normalized spacial score (nSPS) is 11.0. The number of anilines is 5. The first-order valence-electron chi connectivity index (χ1n) is 15.1. The topological polar surface area (TPSA) is 227 Å². The monoisotopic (exact) mass is 693 g/mol. The summed E-state index contributed by atoms with van der Waals surface area (Å²) in [6.45, 7) is 5.17. The first-order chi connectivity index (χ1) is 23.4. The highest BCUT2D eigenvalue weighted by Gasteiger charge is 2.21. The second-order valence-electron chi connectivity index (χ2n) is 12.2. The molecule has 0 aliphatic rings. The van der Waals surface area contributed by atoms with Crippen molar-refractivity contribution in [1.29, 1.82) is 0 Å². The van der Waals surface area contributed by atoms with Gasteiger partial charge in [0, 0.05) is 71.9 Å². The summed E-state index contributed by atoms with van der Waals surface area (Å²) in [4.78, 5) is 83.1. The molecule has 4 rings (SSSR count). The summed E-state index contributed by atoms with van der Waals surface area (Å²) in [5.74, 6) is -2.07. The van der Waals surface area contributed by atoms with E-state index < -0.39 is 41.3 Å². The Morgan fingerprint density at radius 1 is 0.660 bits per heavy atom. The molecule has 19 heteroatoms. The van der Waals surface area contributed by atoms with E-state index in [1.54, 1.807) is 65.9 Å². The van der Waals surface area contributed by atoms with Gasteiger partial charge in [-0.25, -0.2) is 19.6 Å².